The van der Waals surface area contributed by atoms with E-state index in [0.29, 0.717) is 13.1 Å². The van der Waals surface area contributed by atoms with Gasteiger partial charge in [-0.2, -0.15) is 13.2 Å². The molecule has 144 valence electrons. The fraction of sp³-hybridized carbons (Fsp3) is 0.350. The van der Waals surface area contributed by atoms with Crippen molar-refractivity contribution < 1.29 is 22.4 Å². The highest BCUT2D eigenvalue weighted by atomic mass is 19.4. The Bertz CT molecular complexity index is 789. The third-order valence-electron chi connectivity index (χ3n) is 4.77. The van der Waals surface area contributed by atoms with E-state index in [1.54, 1.807) is 12.1 Å². The van der Waals surface area contributed by atoms with E-state index in [4.69, 9.17) is 0 Å². The van der Waals surface area contributed by atoms with Gasteiger partial charge in [0.2, 0.25) is 0 Å². The van der Waals surface area contributed by atoms with E-state index in [0.717, 1.165) is 30.9 Å². The number of urea groups is 1. The van der Waals surface area contributed by atoms with Crippen LogP contribution in [-0.2, 0) is 6.18 Å². The normalized spacial score (nSPS) is 18.1. The number of hydrogen-bond acceptors (Lipinski definition) is 1. The molecule has 1 saturated heterocycles. The lowest BCUT2D eigenvalue weighted by atomic mass is 9.94. The molecular formula is C20H20F4N2O. The Kier molecular flexibility index (Phi) is 5.68. The molecule has 1 N–H and O–H groups in total. The molecule has 7 heteroatoms. The van der Waals surface area contributed by atoms with Gasteiger partial charge in [-0.25, -0.2) is 9.18 Å². The van der Waals surface area contributed by atoms with Crippen LogP contribution in [0.4, 0.5) is 28.0 Å². The van der Waals surface area contributed by atoms with Crippen LogP contribution in [0.3, 0.4) is 0 Å². The van der Waals surface area contributed by atoms with Gasteiger partial charge in [-0.15, -0.1) is 0 Å². The summed E-state index contributed by atoms with van der Waals surface area (Å²) in [5.41, 5.74) is -0.201. The van der Waals surface area contributed by atoms with Gasteiger partial charge in [-0.1, -0.05) is 30.7 Å². The number of rotatable bonds is 2. The summed E-state index contributed by atoms with van der Waals surface area (Å²) in [6.07, 6.45) is -2.04. The van der Waals surface area contributed by atoms with E-state index in [1.165, 1.54) is 35.2 Å². The molecule has 1 atom stereocenters. The van der Waals surface area contributed by atoms with Crippen LogP contribution in [-0.4, -0.2) is 24.0 Å². The fourth-order valence-electron chi connectivity index (χ4n) is 3.37. The molecule has 0 bridgehead atoms. The Balaban J connectivity index is 1.75. The van der Waals surface area contributed by atoms with Gasteiger partial charge < -0.3 is 10.2 Å². The molecule has 0 spiro atoms. The van der Waals surface area contributed by atoms with E-state index in [-0.39, 0.29) is 17.4 Å². The molecule has 1 aliphatic rings. The zero-order valence-corrected chi connectivity index (χ0v) is 14.6. The molecule has 0 unspecified atom stereocenters. The lowest BCUT2D eigenvalue weighted by molar-refractivity contribution is -0.136. The molecule has 2 aromatic carbocycles. The molecule has 0 radical (unpaired) electrons. The van der Waals surface area contributed by atoms with Crippen LogP contribution < -0.4 is 5.32 Å². The van der Waals surface area contributed by atoms with Crippen LogP contribution in [0.2, 0.25) is 0 Å². The Morgan fingerprint density at radius 2 is 1.74 bits per heavy atom. The summed E-state index contributed by atoms with van der Waals surface area (Å²) >= 11 is 0. The standard InChI is InChI=1S/C20H20F4N2O/c21-16-10-8-14(9-11-16)15-5-3-4-12-26(13-15)19(27)25-18-7-2-1-6-17(18)20(22,23)24/h1-2,6-11,15H,3-5,12-13H2,(H,25,27)/t15-/m0/s1. The van der Waals surface area contributed by atoms with E-state index in [9.17, 15) is 22.4 Å². The molecule has 1 fully saturated rings. The molecule has 0 aliphatic carbocycles. The quantitative estimate of drug-likeness (QED) is 0.671. The molecule has 0 aromatic heterocycles. The van der Waals surface area contributed by atoms with Gasteiger partial charge in [0.25, 0.3) is 0 Å². The van der Waals surface area contributed by atoms with Crippen LogP contribution in [0.1, 0.15) is 36.3 Å². The molecule has 3 nitrogen and oxygen atoms in total. The Labute approximate surface area is 155 Å². The number of hydrogen-bond donors (Lipinski definition) is 1. The SMILES string of the molecule is O=C(Nc1ccccc1C(F)(F)F)N1CCCC[C@H](c2ccc(F)cc2)C1. The molecule has 2 aromatic rings. The number of likely N-dealkylation sites (tertiary alicyclic amines) is 1. The summed E-state index contributed by atoms with van der Waals surface area (Å²) in [7, 11) is 0. The topological polar surface area (TPSA) is 32.3 Å². The predicted molar refractivity (Wildman–Crippen MR) is 95.0 cm³/mol. The number of benzene rings is 2. The monoisotopic (exact) mass is 380 g/mol. The molecule has 0 saturated carbocycles. The van der Waals surface area contributed by atoms with Gasteiger partial charge in [0.05, 0.1) is 11.3 Å². The second kappa shape index (κ2) is 7.98. The Morgan fingerprint density at radius 1 is 1.04 bits per heavy atom. The highest BCUT2D eigenvalue weighted by Crippen LogP contribution is 2.35. The van der Waals surface area contributed by atoms with E-state index < -0.39 is 17.8 Å². The summed E-state index contributed by atoms with van der Waals surface area (Å²) in [6, 6.07) is 10.5. The largest absolute Gasteiger partial charge is 0.418 e. The molecule has 27 heavy (non-hydrogen) atoms. The number of carbonyl (C=O) groups excluding carboxylic acids is 1. The van der Waals surface area contributed by atoms with Gasteiger partial charge in [-0.3, -0.25) is 0 Å². The maximum atomic E-state index is 13.1. The number of halogens is 4. The maximum absolute atomic E-state index is 13.1. The average Bonchev–Trinajstić information content (AvgIpc) is 2.88. The van der Waals surface area contributed by atoms with Gasteiger partial charge in [-0.05, 0) is 42.7 Å². The first kappa shape index (κ1) is 19.2. The number of alkyl halides is 3. The van der Waals surface area contributed by atoms with E-state index in [1.807, 2.05) is 0 Å². The number of anilines is 1. The van der Waals surface area contributed by atoms with Crippen molar-refractivity contribution in [1.82, 2.24) is 4.90 Å². The summed E-state index contributed by atoms with van der Waals surface area (Å²) in [4.78, 5) is 14.2. The van der Waals surface area contributed by atoms with Crippen molar-refractivity contribution in [2.24, 2.45) is 0 Å². The predicted octanol–water partition coefficient (Wildman–Crippen LogP) is 5.65. The smallest absolute Gasteiger partial charge is 0.324 e. The van der Waals surface area contributed by atoms with Crippen molar-refractivity contribution in [1.29, 1.82) is 0 Å². The van der Waals surface area contributed by atoms with Crippen molar-refractivity contribution in [3.05, 3.63) is 65.5 Å². The minimum atomic E-state index is -4.54. The van der Waals surface area contributed by atoms with Gasteiger partial charge in [0.1, 0.15) is 5.82 Å². The Hall–Kier alpha value is -2.57. The number of nitrogens with zero attached hydrogens (tertiary/aromatic N) is 1. The molecule has 1 heterocycles. The Morgan fingerprint density at radius 3 is 2.44 bits per heavy atom. The number of nitrogens with one attached hydrogen (secondary N) is 1. The average molecular weight is 380 g/mol. The summed E-state index contributed by atoms with van der Waals surface area (Å²) in [5, 5.41) is 2.40. The van der Waals surface area contributed by atoms with Crippen molar-refractivity contribution in [3.8, 4) is 0 Å². The highest BCUT2D eigenvalue weighted by molar-refractivity contribution is 5.90. The summed E-state index contributed by atoms with van der Waals surface area (Å²) < 4.78 is 52.5. The number of para-hydroxylation sites is 1. The van der Waals surface area contributed by atoms with Gasteiger partial charge >= 0.3 is 12.2 Å². The maximum Gasteiger partial charge on any atom is 0.418 e. The molecule has 3 rings (SSSR count). The number of amides is 2. The van der Waals surface area contributed by atoms with Gasteiger partial charge in [0, 0.05) is 19.0 Å². The van der Waals surface area contributed by atoms with Crippen LogP contribution in [0.5, 0.6) is 0 Å². The first-order valence-corrected chi connectivity index (χ1v) is 8.82. The minimum absolute atomic E-state index is 0.0247. The highest BCUT2D eigenvalue weighted by Gasteiger charge is 2.34. The number of carbonyl (C=O) groups is 1. The summed E-state index contributed by atoms with van der Waals surface area (Å²) in [6.45, 7) is 0.851. The third kappa shape index (κ3) is 4.78. The van der Waals surface area contributed by atoms with E-state index >= 15 is 0 Å². The third-order valence-corrected chi connectivity index (χ3v) is 4.77. The first-order chi connectivity index (χ1) is 12.8. The zero-order chi connectivity index (χ0) is 19.4. The lowest BCUT2D eigenvalue weighted by Crippen LogP contribution is -2.37. The van der Waals surface area contributed by atoms with Gasteiger partial charge in [0.15, 0.2) is 0 Å². The van der Waals surface area contributed by atoms with E-state index in [2.05, 4.69) is 5.32 Å². The lowest BCUT2D eigenvalue weighted by Gasteiger charge is -2.26. The van der Waals surface area contributed by atoms with Crippen molar-refractivity contribution in [3.63, 3.8) is 0 Å². The fourth-order valence-corrected chi connectivity index (χ4v) is 3.37. The minimum Gasteiger partial charge on any atom is -0.324 e. The summed E-state index contributed by atoms with van der Waals surface area (Å²) in [5.74, 6) is -0.303. The van der Waals surface area contributed by atoms with Crippen LogP contribution >= 0.6 is 0 Å². The second-order valence-corrected chi connectivity index (χ2v) is 6.66. The molecule has 1 aliphatic heterocycles. The van der Waals surface area contributed by atoms with Crippen LogP contribution in [0.15, 0.2) is 48.5 Å². The second-order valence-electron chi connectivity index (χ2n) is 6.66. The van der Waals surface area contributed by atoms with Crippen molar-refractivity contribution >= 4 is 11.7 Å². The zero-order valence-electron chi connectivity index (χ0n) is 14.6. The van der Waals surface area contributed by atoms with Crippen molar-refractivity contribution in [2.45, 2.75) is 31.4 Å². The molecular weight excluding hydrogens is 360 g/mol. The van der Waals surface area contributed by atoms with Crippen LogP contribution in [0, 0.1) is 5.82 Å². The van der Waals surface area contributed by atoms with Crippen LogP contribution in [0.25, 0.3) is 0 Å². The molecule has 2 amide bonds. The first-order valence-electron chi connectivity index (χ1n) is 8.82. The van der Waals surface area contributed by atoms with Crippen molar-refractivity contribution in [2.75, 3.05) is 18.4 Å².